The lowest BCUT2D eigenvalue weighted by Crippen LogP contribution is -2.14. The number of hydrogen-bond acceptors (Lipinski definition) is 3. The van der Waals surface area contributed by atoms with Crippen LogP contribution in [-0.4, -0.2) is 11.4 Å². The molecule has 1 aliphatic rings. The van der Waals surface area contributed by atoms with Crippen molar-refractivity contribution < 1.29 is 0 Å². The summed E-state index contributed by atoms with van der Waals surface area (Å²) in [5.74, 6) is 0. The SMILES string of the molecule is N=C1C=CC=C(c2ccc(N(c3ccccc3)c3ccccc3)cc2)C1=N. The molecule has 1 aliphatic carbocycles. The molecule has 130 valence electrons. The van der Waals surface area contributed by atoms with E-state index in [1.54, 1.807) is 6.08 Å². The zero-order valence-electron chi connectivity index (χ0n) is 14.8. The van der Waals surface area contributed by atoms with E-state index in [-0.39, 0.29) is 11.4 Å². The first-order valence-electron chi connectivity index (χ1n) is 8.81. The van der Waals surface area contributed by atoms with Crippen LogP contribution in [-0.2, 0) is 0 Å². The highest BCUT2D eigenvalue weighted by Crippen LogP contribution is 2.34. The van der Waals surface area contributed by atoms with Gasteiger partial charge in [-0.05, 0) is 48.0 Å². The summed E-state index contributed by atoms with van der Waals surface area (Å²) in [7, 11) is 0. The highest BCUT2D eigenvalue weighted by Gasteiger charge is 2.15. The van der Waals surface area contributed by atoms with E-state index in [0.29, 0.717) is 0 Å². The lowest BCUT2D eigenvalue weighted by molar-refractivity contribution is 1.28. The Kier molecular flexibility index (Phi) is 4.50. The van der Waals surface area contributed by atoms with Crippen LogP contribution in [0.3, 0.4) is 0 Å². The van der Waals surface area contributed by atoms with E-state index in [1.807, 2.05) is 60.7 Å². The molecule has 0 heterocycles. The summed E-state index contributed by atoms with van der Waals surface area (Å²) in [6, 6.07) is 28.7. The summed E-state index contributed by atoms with van der Waals surface area (Å²) in [4.78, 5) is 2.20. The van der Waals surface area contributed by atoms with Gasteiger partial charge in [0.1, 0.15) is 0 Å². The molecule has 2 N–H and O–H groups in total. The quantitative estimate of drug-likeness (QED) is 0.545. The molecule has 3 aromatic rings. The molecule has 0 spiro atoms. The van der Waals surface area contributed by atoms with Crippen LogP contribution in [0.15, 0.2) is 103 Å². The number of nitrogens with zero attached hydrogens (tertiary/aromatic N) is 1. The Labute approximate surface area is 158 Å². The number of allylic oxidation sites excluding steroid dienone is 4. The Morgan fingerprint density at radius 2 is 1.11 bits per heavy atom. The Morgan fingerprint density at radius 1 is 0.593 bits per heavy atom. The molecule has 0 amide bonds. The zero-order valence-corrected chi connectivity index (χ0v) is 14.8. The lowest BCUT2D eigenvalue weighted by Gasteiger charge is -2.25. The maximum atomic E-state index is 8.14. The molecule has 3 aromatic carbocycles. The monoisotopic (exact) mass is 349 g/mol. The van der Waals surface area contributed by atoms with Crippen molar-refractivity contribution in [2.45, 2.75) is 0 Å². The minimum Gasteiger partial charge on any atom is -0.311 e. The van der Waals surface area contributed by atoms with Gasteiger partial charge in [0.2, 0.25) is 0 Å². The van der Waals surface area contributed by atoms with Crippen LogP contribution in [0, 0.1) is 10.8 Å². The van der Waals surface area contributed by atoms with Crippen LogP contribution in [0.5, 0.6) is 0 Å². The normalized spacial score (nSPS) is 13.4. The Bertz CT molecular complexity index is 991. The highest BCUT2D eigenvalue weighted by molar-refractivity contribution is 6.59. The fraction of sp³-hybridized carbons (Fsp3) is 0. The van der Waals surface area contributed by atoms with Gasteiger partial charge in [0.25, 0.3) is 0 Å². The molecule has 27 heavy (non-hydrogen) atoms. The van der Waals surface area contributed by atoms with Gasteiger partial charge >= 0.3 is 0 Å². The average Bonchev–Trinajstić information content (AvgIpc) is 2.73. The molecule has 4 rings (SSSR count). The Balaban J connectivity index is 1.74. The molecule has 0 atom stereocenters. The number of benzene rings is 3. The number of para-hydroxylation sites is 2. The molecular formula is C24H19N3. The minimum atomic E-state index is 0.242. The predicted octanol–water partition coefficient (Wildman–Crippen LogP) is 6.15. The van der Waals surface area contributed by atoms with Crippen LogP contribution < -0.4 is 4.90 Å². The van der Waals surface area contributed by atoms with Crippen LogP contribution in [0.25, 0.3) is 5.57 Å². The molecular weight excluding hydrogens is 330 g/mol. The van der Waals surface area contributed by atoms with Gasteiger partial charge in [-0.15, -0.1) is 0 Å². The maximum absolute atomic E-state index is 8.14. The molecule has 0 unspecified atom stereocenters. The molecule has 0 saturated carbocycles. The summed E-state index contributed by atoms with van der Waals surface area (Å²) >= 11 is 0. The minimum absolute atomic E-state index is 0.242. The number of rotatable bonds is 4. The van der Waals surface area contributed by atoms with Crippen molar-refractivity contribution in [3.05, 3.63) is 109 Å². The lowest BCUT2D eigenvalue weighted by atomic mass is 9.94. The average molecular weight is 349 g/mol. The summed E-state index contributed by atoms with van der Waals surface area (Å²) in [6.07, 6.45) is 5.36. The summed E-state index contributed by atoms with van der Waals surface area (Å²) in [6.45, 7) is 0. The molecule has 3 nitrogen and oxygen atoms in total. The van der Waals surface area contributed by atoms with E-state index in [1.165, 1.54) is 0 Å². The first-order chi connectivity index (χ1) is 13.2. The van der Waals surface area contributed by atoms with Crippen molar-refractivity contribution in [2.75, 3.05) is 4.90 Å². The van der Waals surface area contributed by atoms with E-state index >= 15 is 0 Å². The van der Waals surface area contributed by atoms with E-state index in [0.717, 1.165) is 28.2 Å². The third kappa shape index (κ3) is 3.35. The first-order valence-corrected chi connectivity index (χ1v) is 8.81. The van der Waals surface area contributed by atoms with Crippen LogP contribution in [0.4, 0.5) is 17.1 Å². The fourth-order valence-electron chi connectivity index (χ4n) is 3.18. The van der Waals surface area contributed by atoms with Crippen LogP contribution in [0.2, 0.25) is 0 Å². The van der Waals surface area contributed by atoms with Crippen molar-refractivity contribution >= 4 is 34.1 Å². The summed E-state index contributed by atoms with van der Waals surface area (Å²) in [5, 5.41) is 16.0. The van der Waals surface area contributed by atoms with Gasteiger partial charge in [0.05, 0.1) is 11.4 Å². The van der Waals surface area contributed by atoms with Crippen LogP contribution >= 0.6 is 0 Å². The largest absolute Gasteiger partial charge is 0.311 e. The van der Waals surface area contributed by atoms with Crippen molar-refractivity contribution in [2.24, 2.45) is 0 Å². The van der Waals surface area contributed by atoms with Crippen molar-refractivity contribution in [3.63, 3.8) is 0 Å². The second kappa shape index (κ2) is 7.26. The maximum Gasteiger partial charge on any atom is 0.0867 e. The van der Waals surface area contributed by atoms with E-state index in [2.05, 4.69) is 41.3 Å². The molecule has 0 aliphatic heterocycles. The number of hydrogen-bond donors (Lipinski definition) is 2. The smallest absolute Gasteiger partial charge is 0.0867 e. The van der Waals surface area contributed by atoms with Gasteiger partial charge in [-0.1, -0.05) is 60.7 Å². The van der Waals surface area contributed by atoms with E-state index < -0.39 is 0 Å². The number of anilines is 3. The second-order valence-electron chi connectivity index (χ2n) is 6.28. The summed E-state index contributed by atoms with van der Waals surface area (Å²) in [5.41, 5.74) is 5.44. The number of nitrogens with one attached hydrogen (secondary N) is 2. The van der Waals surface area contributed by atoms with Gasteiger partial charge in [-0.25, -0.2) is 0 Å². The molecule has 0 fully saturated rings. The third-order valence-electron chi connectivity index (χ3n) is 4.53. The van der Waals surface area contributed by atoms with Gasteiger partial charge in [0.15, 0.2) is 0 Å². The highest BCUT2D eigenvalue weighted by atomic mass is 15.1. The Morgan fingerprint density at radius 3 is 1.67 bits per heavy atom. The molecule has 0 aromatic heterocycles. The van der Waals surface area contributed by atoms with Crippen LogP contribution in [0.1, 0.15) is 5.56 Å². The topological polar surface area (TPSA) is 50.9 Å². The second-order valence-corrected chi connectivity index (χ2v) is 6.28. The Hall–Kier alpha value is -3.72. The van der Waals surface area contributed by atoms with Crippen molar-refractivity contribution in [3.8, 4) is 0 Å². The zero-order chi connectivity index (χ0) is 18.6. The standard InChI is InChI=1S/C24H19N3/c25-23-13-7-12-22(24(23)26)18-14-16-21(17-15-18)27(19-8-3-1-4-9-19)20-10-5-2-6-11-20/h1-17,25-26H. The molecule has 0 saturated heterocycles. The summed E-state index contributed by atoms with van der Waals surface area (Å²) < 4.78 is 0. The molecule has 3 heteroatoms. The predicted molar refractivity (Wildman–Crippen MR) is 114 cm³/mol. The fourth-order valence-corrected chi connectivity index (χ4v) is 3.18. The van der Waals surface area contributed by atoms with E-state index in [4.69, 9.17) is 10.8 Å². The van der Waals surface area contributed by atoms with Crippen molar-refractivity contribution in [1.82, 2.24) is 0 Å². The third-order valence-corrected chi connectivity index (χ3v) is 4.53. The van der Waals surface area contributed by atoms with E-state index in [9.17, 15) is 0 Å². The van der Waals surface area contributed by atoms with Gasteiger partial charge in [0, 0.05) is 22.6 Å². The van der Waals surface area contributed by atoms with Crippen molar-refractivity contribution in [1.29, 1.82) is 10.8 Å². The first kappa shape index (κ1) is 16.7. The molecule has 0 bridgehead atoms. The molecule has 0 radical (unpaired) electrons. The van der Waals surface area contributed by atoms with Gasteiger partial charge < -0.3 is 4.90 Å². The van der Waals surface area contributed by atoms with Gasteiger partial charge in [-0.2, -0.15) is 0 Å². The van der Waals surface area contributed by atoms with Gasteiger partial charge in [-0.3, -0.25) is 10.8 Å².